The molecule has 0 saturated heterocycles. The van der Waals surface area contributed by atoms with Crippen molar-refractivity contribution in [3.05, 3.63) is 17.7 Å². The van der Waals surface area contributed by atoms with E-state index in [0.717, 1.165) is 0 Å². The summed E-state index contributed by atoms with van der Waals surface area (Å²) in [6.45, 7) is 0.868. The molecule has 0 aliphatic carbocycles. The van der Waals surface area contributed by atoms with E-state index in [9.17, 15) is 9.90 Å². The SMILES string of the molecule is O=Cc1c(O)ccc2c1OCCO2. The third kappa shape index (κ3) is 1.20. The lowest BCUT2D eigenvalue weighted by Gasteiger charge is -2.19. The van der Waals surface area contributed by atoms with Gasteiger partial charge >= 0.3 is 0 Å². The van der Waals surface area contributed by atoms with Crippen LogP contribution < -0.4 is 9.47 Å². The first-order valence-electron chi connectivity index (χ1n) is 3.89. The van der Waals surface area contributed by atoms with Crippen LogP contribution in [0.4, 0.5) is 0 Å². The second-order valence-electron chi connectivity index (χ2n) is 2.64. The topological polar surface area (TPSA) is 55.8 Å². The van der Waals surface area contributed by atoms with Crippen LogP contribution >= 0.6 is 0 Å². The van der Waals surface area contributed by atoms with Gasteiger partial charge in [0.15, 0.2) is 17.8 Å². The molecule has 1 N–H and O–H groups in total. The van der Waals surface area contributed by atoms with Crippen LogP contribution in [0.5, 0.6) is 17.2 Å². The number of ether oxygens (including phenoxy) is 2. The van der Waals surface area contributed by atoms with Crippen LogP contribution in [0.25, 0.3) is 0 Å². The Bertz CT molecular complexity index is 346. The lowest BCUT2D eigenvalue weighted by molar-refractivity contribution is 0.110. The summed E-state index contributed by atoms with van der Waals surface area (Å²) in [5, 5.41) is 9.30. The average Bonchev–Trinajstić information content (AvgIpc) is 2.18. The largest absolute Gasteiger partial charge is 0.507 e. The van der Waals surface area contributed by atoms with Crippen molar-refractivity contribution in [1.29, 1.82) is 0 Å². The molecule has 2 rings (SSSR count). The standard InChI is InChI=1S/C9H8O4/c10-5-6-7(11)1-2-8-9(6)13-4-3-12-8/h1-2,5,11H,3-4H2. The zero-order valence-electron chi connectivity index (χ0n) is 6.82. The molecule has 1 aromatic rings. The summed E-state index contributed by atoms with van der Waals surface area (Å²) in [5.41, 5.74) is 0.150. The fraction of sp³-hybridized carbons (Fsp3) is 0.222. The van der Waals surface area contributed by atoms with Crippen LogP contribution in [0.3, 0.4) is 0 Å². The minimum absolute atomic E-state index is 0.0840. The number of rotatable bonds is 1. The summed E-state index contributed by atoms with van der Waals surface area (Å²) in [6, 6.07) is 2.99. The van der Waals surface area contributed by atoms with Gasteiger partial charge in [-0.3, -0.25) is 4.79 Å². The normalized spacial score (nSPS) is 13.8. The van der Waals surface area contributed by atoms with E-state index in [1.807, 2.05) is 0 Å². The molecule has 0 saturated carbocycles. The molecule has 0 radical (unpaired) electrons. The van der Waals surface area contributed by atoms with E-state index < -0.39 is 0 Å². The zero-order chi connectivity index (χ0) is 9.26. The number of aldehydes is 1. The zero-order valence-corrected chi connectivity index (χ0v) is 6.82. The summed E-state index contributed by atoms with van der Waals surface area (Å²) in [7, 11) is 0. The van der Waals surface area contributed by atoms with Gasteiger partial charge in [0.05, 0.1) is 0 Å². The van der Waals surface area contributed by atoms with Crippen LogP contribution in [-0.4, -0.2) is 24.6 Å². The Morgan fingerprint density at radius 1 is 1.31 bits per heavy atom. The first-order valence-corrected chi connectivity index (χ1v) is 3.89. The Labute approximate surface area is 74.7 Å². The van der Waals surface area contributed by atoms with Crippen LogP contribution in [-0.2, 0) is 0 Å². The molecule has 0 spiro atoms. The van der Waals surface area contributed by atoms with Crippen LogP contribution in [0.15, 0.2) is 12.1 Å². The Morgan fingerprint density at radius 2 is 2.08 bits per heavy atom. The highest BCUT2D eigenvalue weighted by molar-refractivity contribution is 5.85. The number of fused-ring (bicyclic) bond motifs is 1. The van der Waals surface area contributed by atoms with Crippen LogP contribution in [0, 0.1) is 0 Å². The highest BCUT2D eigenvalue weighted by atomic mass is 16.6. The number of carbonyl (C=O) groups excluding carboxylic acids is 1. The molecule has 1 aliphatic rings. The van der Waals surface area contributed by atoms with Crippen LogP contribution in [0.1, 0.15) is 10.4 Å². The first-order chi connectivity index (χ1) is 6.33. The minimum atomic E-state index is -0.0840. The number of aromatic hydroxyl groups is 1. The molecule has 0 fully saturated rings. The molecule has 68 valence electrons. The number of phenols is 1. The second-order valence-corrected chi connectivity index (χ2v) is 2.64. The van der Waals surface area contributed by atoms with Crippen LogP contribution in [0.2, 0.25) is 0 Å². The summed E-state index contributed by atoms with van der Waals surface area (Å²) in [6.07, 6.45) is 0.558. The lowest BCUT2D eigenvalue weighted by Crippen LogP contribution is -2.16. The quantitative estimate of drug-likeness (QED) is 0.654. The molecule has 0 unspecified atom stereocenters. The maximum Gasteiger partial charge on any atom is 0.175 e. The predicted octanol–water partition coefficient (Wildman–Crippen LogP) is 0.976. The van der Waals surface area contributed by atoms with Crippen molar-refractivity contribution in [3.8, 4) is 17.2 Å². The molecule has 1 aliphatic heterocycles. The molecule has 0 aromatic heterocycles. The summed E-state index contributed by atoms with van der Waals surface area (Å²) in [4.78, 5) is 10.6. The summed E-state index contributed by atoms with van der Waals surface area (Å²) >= 11 is 0. The van der Waals surface area contributed by atoms with E-state index in [0.29, 0.717) is 31.0 Å². The molecular formula is C9H8O4. The molecule has 4 heteroatoms. The average molecular weight is 180 g/mol. The monoisotopic (exact) mass is 180 g/mol. The predicted molar refractivity (Wildman–Crippen MR) is 44.5 cm³/mol. The van der Waals surface area contributed by atoms with E-state index >= 15 is 0 Å². The number of benzene rings is 1. The van der Waals surface area contributed by atoms with Crippen molar-refractivity contribution in [2.24, 2.45) is 0 Å². The van der Waals surface area contributed by atoms with Gasteiger partial charge in [-0.25, -0.2) is 0 Å². The number of hydrogen-bond acceptors (Lipinski definition) is 4. The third-order valence-corrected chi connectivity index (χ3v) is 1.84. The maximum absolute atomic E-state index is 10.6. The van der Waals surface area contributed by atoms with Crippen molar-refractivity contribution in [2.45, 2.75) is 0 Å². The van der Waals surface area contributed by atoms with E-state index in [1.54, 1.807) is 6.07 Å². The lowest BCUT2D eigenvalue weighted by atomic mass is 10.1. The van der Waals surface area contributed by atoms with Crippen molar-refractivity contribution in [3.63, 3.8) is 0 Å². The first kappa shape index (κ1) is 7.91. The van der Waals surface area contributed by atoms with Crippen molar-refractivity contribution < 1.29 is 19.4 Å². The second kappa shape index (κ2) is 2.97. The molecule has 13 heavy (non-hydrogen) atoms. The molecule has 0 atom stereocenters. The Balaban J connectivity index is 2.58. The van der Waals surface area contributed by atoms with Gasteiger partial charge in [-0.2, -0.15) is 0 Å². The molecular weight excluding hydrogens is 172 g/mol. The highest BCUT2D eigenvalue weighted by Gasteiger charge is 2.18. The minimum Gasteiger partial charge on any atom is -0.507 e. The third-order valence-electron chi connectivity index (χ3n) is 1.84. The van der Waals surface area contributed by atoms with E-state index in [1.165, 1.54) is 6.07 Å². The smallest absolute Gasteiger partial charge is 0.175 e. The van der Waals surface area contributed by atoms with Crippen molar-refractivity contribution >= 4 is 6.29 Å². The number of phenolic OH excluding ortho intramolecular Hbond substituents is 1. The van der Waals surface area contributed by atoms with E-state index in [2.05, 4.69) is 0 Å². The van der Waals surface area contributed by atoms with Gasteiger partial charge in [0.25, 0.3) is 0 Å². The fourth-order valence-corrected chi connectivity index (χ4v) is 1.24. The van der Waals surface area contributed by atoms with Gasteiger partial charge in [0, 0.05) is 0 Å². The molecule has 1 aromatic carbocycles. The van der Waals surface area contributed by atoms with Crippen molar-refractivity contribution in [1.82, 2.24) is 0 Å². The van der Waals surface area contributed by atoms with Gasteiger partial charge < -0.3 is 14.6 Å². The Kier molecular flexibility index (Phi) is 1.81. The van der Waals surface area contributed by atoms with E-state index in [4.69, 9.17) is 9.47 Å². The molecule has 0 bridgehead atoms. The number of carbonyl (C=O) groups is 1. The van der Waals surface area contributed by atoms with Gasteiger partial charge in [-0.05, 0) is 12.1 Å². The molecule has 0 amide bonds. The summed E-state index contributed by atoms with van der Waals surface area (Å²) in [5.74, 6) is 0.756. The van der Waals surface area contributed by atoms with Crippen molar-refractivity contribution in [2.75, 3.05) is 13.2 Å². The Hall–Kier alpha value is -1.71. The Morgan fingerprint density at radius 3 is 2.85 bits per heavy atom. The fourth-order valence-electron chi connectivity index (χ4n) is 1.24. The van der Waals surface area contributed by atoms with Gasteiger partial charge in [-0.1, -0.05) is 0 Å². The maximum atomic E-state index is 10.6. The van der Waals surface area contributed by atoms with Gasteiger partial charge in [-0.15, -0.1) is 0 Å². The highest BCUT2D eigenvalue weighted by Crippen LogP contribution is 2.37. The molecule has 4 nitrogen and oxygen atoms in total. The van der Waals surface area contributed by atoms with E-state index in [-0.39, 0.29) is 11.3 Å². The molecule has 1 heterocycles. The number of hydrogen-bond donors (Lipinski definition) is 1. The summed E-state index contributed by atoms with van der Waals surface area (Å²) < 4.78 is 10.4. The van der Waals surface area contributed by atoms with Gasteiger partial charge in [0.1, 0.15) is 24.5 Å². The van der Waals surface area contributed by atoms with Gasteiger partial charge in [0.2, 0.25) is 0 Å².